The van der Waals surface area contributed by atoms with E-state index in [-0.39, 0.29) is 5.56 Å². The van der Waals surface area contributed by atoms with Crippen molar-refractivity contribution in [3.05, 3.63) is 52.4 Å². The number of carbonyl (C=O) groups is 1. The van der Waals surface area contributed by atoms with E-state index in [1.54, 1.807) is 17.8 Å². The largest absolute Gasteiger partial charge is 0.478 e. The summed E-state index contributed by atoms with van der Waals surface area (Å²) in [6.07, 6.45) is 0. The zero-order valence-electron chi connectivity index (χ0n) is 9.63. The van der Waals surface area contributed by atoms with Gasteiger partial charge in [-0.2, -0.15) is 11.8 Å². The van der Waals surface area contributed by atoms with Crippen molar-refractivity contribution in [2.75, 3.05) is 5.73 Å². The second-order valence-electron chi connectivity index (χ2n) is 3.77. The Hall–Kier alpha value is -1.46. The number of nitrogen functional groups attached to an aromatic ring is 1. The van der Waals surface area contributed by atoms with Crippen LogP contribution in [0.5, 0.6) is 0 Å². The molecule has 0 atom stereocenters. The van der Waals surface area contributed by atoms with E-state index in [9.17, 15) is 4.79 Å². The maximum absolute atomic E-state index is 10.9. The SMILES string of the molecule is Nc1sc(CSCc2ccccc2)cc1C(=O)O. The zero-order valence-corrected chi connectivity index (χ0v) is 11.3. The van der Waals surface area contributed by atoms with E-state index in [0.29, 0.717) is 5.00 Å². The molecule has 0 spiro atoms. The predicted octanol–water partition coefficient (Wildman–Crippen LogP) is 3.46. The molecule has 3 nitrogen and oxygen atoms in total. The van der Waals surface area contributed by atoms with E-state index >= 15 is 0 Å². The highest BCUT2D eigenvalue weighted by molar-refractivity contribution is 7.97. The van der Waals surface area contributed by atoms with Gasteiger partial charge in [0.15, 0.2) is 0 Å². The maximum Gasteiger partial charge on any atom is 0.338 e. The van der Waals surface area contributed by atoms with E-state index < -0.39 is 5.97 Å². The van der Waals surface area contributed by atoms with Crippen LogP contribution in [0.3, 0.4) is 0 Å². The molecule has 94 valence electrons. The molecule has 3 N–H and O–H groups in total. The van der Waals surface area contributed by atoms with Crippen LogP contribution in [0.2, 0.25) is 0 Å². The van der Waals surface area contributed by atoms with Crippen molar-refractivity contribution in [3.8, 4) is 0 Å². The smallest absolute Gasteiger partial charge is 0.338 e. The molecule has 0 amide bonds. The maximum atomic E-state index is 10.9. The first-order chi connectivity index (χ1) is 8.66. The van der Waals surface area contributed by atoms with Crippen molar-refractivity contribution in [3.63, 3.8) is 0 Å². The lowest BCUT2D eigenvalue weighted by molar-refractivity contribution is 0.0698. The van der Waals surface area contributed by atoms with Crippen molar-refractivity contribution >= 4 is 34.1 Å². The minimum atomic E-state index is -0.956. The molecule has 2 rings (SSSR count). The number of carboxylic acid groups (broad SMARTS) is 1. The summed E-state index contributed by atoms with van der Waals surface area (Å²) in [5.74, 6) is 0.751. The molecule has 1 heterocycles. The number of carboxylic acids is 1. The van der Waals surface area contributed by atoms with E-state index in [2.05, 4.69) is 12.1 Å². The van der Waals surface area contributed by atoms with Crippen molar-refractivity contribution in [1.29, 1.82) is 0 Å². The summed E-state index contributed by atoms with van der Waals surface area (Å²) in [5.41, 5.74) is 7.14. The third kappa shape index (κ3) is 3.27. The Bertz CT molecular complexity index is 537. The van der Waals surface area contributed by atoms with Gasteiger partial charge in [0, 0.05) is 16.4 Å². The van der Waals surface area contributed by atoms with Gasteiger partial charge in [0.1, 0.15) is 5.00 Å². The van der Waals surface area contributed by atoms with Crippen LogP contribution in [-0.4, -0.2) is 11.1 Å². The van der Waals surface area contributed by atoms with Crippen molar-refractivity contribution in [2.45, 2.75) is 11.5 Å². The minimum Gasteiger partial charge on any atom is -0.478 e. The molecule has 0 saturated heterocycles. The summed E-state index contributed by atoms with van der Waals surface area (Å²) in [7, 11) is 0. The average Bonchev–Trinajstić information content (AvgIpc) is 2.72. The van der Waals surface area contributed by atoms with Gasteiger partial charge in [-0.15, -0.1) is 11.3 Å². The number of thiophene rings is 1. The Morgan fingerprint density at radius 3 is 2.61 bits per heavy atom. The third-order valence-electron chi connectivity index (χ3n) is 2.40. The van der Waals surface area contributed by atoms with E-state index in [4.69, 9.17) is 10.8 Å². The third-order valence-corrected chi connectivity index (χ3v) is 4.60. The lowest BCUT2D eigenvalue weighted by Gasteiger charge is -1.99. The van der Waals surface area contributed by atoms with Gasteiger partial charge in [-0.25, -0.2) is 4.79 Å². The minimum absolute atomic E-state index is 0.218. The number of benzene rings is 1. The van der Waals surface area contributed by atoms with Gasteiger partial charge < -0.3 is 10.8 Å². The molecule has 18 heavy (non-hydrogen) atoms. The van der Waals surface area contributed by atoms with Crippen LogP contribution < -0.4 is 5.73 Å². The molecule has 0 bridgehead atoms. The Labute approximate surface area is 114 Å². The number of nitrogens with two attached hydrogens (primary N) is 1. The Morgan fingerprint density at radius 1 is 1.28 bits per heavy atom. The van der Waals surface area contributed by atoms with Crippen LogP contribution in [-0.2, 0) is 11.5 Å². The van der Waals surface area contributed by atoms with Crippen LogP contribution >= 0.6 is 23.1 Å². The molecule has 1 aromatic heterocycles. The van der Waals surface area contributed by atoms with Crippen molar-refractivity contribution in [1.82, 2.24) is 0 Å². The number of hydrogen-bond donors (Lipinski definition) is 2. The Morgan fingerprint density at radius 2 is 2.00 bits per heavy atom. The van der Waals surface area contributed by atoms with Crippen LogP contribution in [0.15, 0.2) is 36.4 Å². The monoisotopic (exact) mass is 279 g/mol. The Balaban J connectivity index is 1.91. The van der Waals surface area contributed by atoms with Gasteiger partial charge in [0.25, 0.3) is 0 Å². The summed E-state index contributed by atoms with van der Waals surface area (Å²) < 4.78 is 0. The molecule has 0 aliphatic carbocycles. The molecule has 5 heteroatoms. The van der Waals surface area contributed by atoms with Crippen LogP contribution in [0.4, 0.5) is 5.00 Å². The summed E-state index contributed by atoms with van der Waals surface area (Å²) in [4.78, 5) is 11.9. The number of anilines is 1. The Kier molecular flexibility index (Phi) is 4.28. The molecule has 2 aromatic rings. The first kappa shape index (κ1) is 13.0. The highest BCUT2D eigenvalue weighted by Gasteiger charge is 2.12. The second-order valence-corrected chi connectivity index (χ2v) is 5.93. The number of aromatic carboxylic acids is 1. The summed E-state index contributed by atoms with van der Waals surface area (Å²) in [5, 5.41) is 9.29. The van der Waals surface area contributed by atoms with Crippen LogP contribution in [0.1, 0.15) is 20.8 Å². The second kappa shape index (κ2) is 5.93. The summed E-state index contributed by atoms with van der Waals surface area (Å²) in [6.45, 7) is 0. The summed E-state index contributed by atoms with van der Waals surface area (Å²) in [6, 6.07) is 11.9. The van der Waals surface area contributed by atoms with E-state index in [0.717, 1.165) is 16.4 Å². The number of thioether (sulfide) groups is 1. The van der Waals surface area contributed by atoms with Gasteiger partial charge in [0.05, 0.1) is 5.56 Å². The first-order valence-electron chi connectivity index (χ1n) is 5.40. The number of rotatable bonds is 5. The lowest BCUT2D eigenvalue weighted by Crippen LogP contribution is -1.97. The predicted molar refractivity (Wildman–Crippen MR) is 77.1 cm³/mol. The van der Waals surface area contributed by atoms with Crippen molar-refractivity contribution in [2.24, 2.45) is 0 Å². The van der Waals surface area contributed by atoms with Crippen LogP contribution in [0.25, 0.3) is 0 Å². The zero-order chi connectivity index (χ0) is 13.0. The fourth-order valence-electron chi connectivity index (χ4n) is 1.54. The molecule has 0 fully saturated rings. The molecule has 0 unspecified atom stereocenters. The lowest BCUT2D eigenvalue weighted by atomic mass is 10.2. The molecular weight excluding hydrogens is 266 g/mol. The van der Waals surface area contributed by atoms with Gasteiger partial charge in [-0.1, -0.05) is 30.3 Å². The molecular formula is C13H13NO2S2. The quantitative estimate of drug-likeness (QED) is 0.879. The molecule has 0 aliphatic heterocycles. The number of hydrogen-bond acceptors (Lipinski definition) is 4. The first-order valence-corrected chi connectivity index (χ1v) is 7.37. The summed E-state index contributed by atoms with van der Waals surface area (Å²) >= 11 is 3.11. The fourth-order valence-corrected chi connectivity index (χ4v) is 3.56. The highest BCUT2D eigenvalue weighted by Crippen LogP contribution is 2.29. The van der Waals surface area contributed by atoms with Gasteiger partial charge >= 0.3 is 5.97 Å². The van der Waals surface area contributed by atoms with Gasteiger partial charge in [-0.3, -0.25) is 0 Å². The highest BCUT2D eigenvalue weighted by atomic mass is 32.2. The van der Waals surface area contributed by atoms with Gasteiger partial charge in [-0.05, 0) is 11.6 Å². The molecule has 1 aromatic carbocycles. The molecule has 0 saturated carbocycles. The van der Waals surface area contributed by atoms with E-state index in [1.165, 1.54) is 16.9 Å². The normalized spacial score (nSPS) is 10.4. The van der Waals surface area contributed by atoms with E-state index in [1.807, 2.05) is 18.2 Å². The standard InChI is InChI=1S/C13H13NO2S2/c14-12-11(13(15)16)6-10(18-12)8-17-7-9-4-2-1-3-5-9/h1-6H,7-8,14H2,(H,15,16). The van der Waals surface area contributed by atoms with Gasteiger partial charge in [0.2, 0.25) is 0 Å². The molecule has 0 radical (unpaired) electrons. The molecule has 0 aliphatic rings. The average molecular weight is 279 g/mol. The topological polar surface area (TPSA) is 63.3 Å². The van der Waals surface area contributed by atoms with Crippen molar-refractivity contribution < 1.29 is 9.90 Å². The fraction of sp³-hybridized carbons (Fsp3) is 0.154. The van der Waals surface area contributed by atoms with Crippen LogP contribution in [0, 0.1) is 0 Å².